The van der Waals surface area contributed by atoms with Crippen molar-refractivity contribution in [1.82, 2.24) is 9.55 Å². The molecule has 6 nitrogen and oxygen atoms in total. The van der Waals surface area contributed by atoms with Crippen LogP contribution in [0.25, 0.3) is 0 Å². The Hall–Kier alpha value is -2.78. The summed E-state index contributed by atoms with van der Waals surface area (Å²) in [6.45, 7) is 0.177. The van der Waals surface area contributed by atoms with Crippen molar-refractivity contribution in [3.05, 3.63) is 42.0 Å². The van der Waals surface area contributed by atoms with E-state index < -0.39 is 6.04 Å². The van der Waals surface area contributed by atoms with E-state index >= 15 is 0 Å². The van der Waals surface area contributed by atoms with E-state index in [1.54, 1.807) is 19.6 Å². The zero-order chi connectivity index (χ0) is 15.7. The summed E-state index contributed by atoms with van der Waals surface area (Å²) in [5.74, 6) is 6.58. The van der Waals surface area contributed by atoms with Crippen molar-refractivity contribution in [3.8, 4) is 17.6 Å². The van der Waals surface area contributed by atoms with Crippen molar-refractivity contribution in [2.24, 2.45) is 12.8 Å². The van der Waals surface area contributed by atoms with E-state index in [4.69, 9.17) is 10.5 Å². The number of likely N-dealkylation sites (N-methyl/N-ethyl adjacent to an activating group) is 1. The van der Waals surface area contributed by atoms with Gasteiger partial charge in [-0.1, -0.05) is 5.92 Å². The summed E-state index contributed by atoms with van der Waals surface area (Å²) >= 11 is 0. The molecule has 0 fully saturated rings. The van der Waals surface area contributed by atoms with Gasteiger partial charge in [0.15, 0.2) is 0 Å². The standard InChI is InChI=1S/C16H16N4O2/c1-19-10-18-8-12(19)5-3-11-4-6-15-14(7-11)20(2)16(21)13(17)9-22-15/h4,6-8,10,13H,9,17H2,1-2H3/t13-/m0/s1. The van der Waals surface area contributed by atoms with E-state index in [0.717, 1.165) is 11.3 Å². The minimum atomic E-state index is -0.652. The molecular weight excluding hydrogens is 280 g/mol. The van der Waals surface area contributed by atoms with Crippen molar-refractivity contribution in [1.29, 1.82) is 0 Å². The first-order chi connectivity index (χ1) is 10.6. The number of carbonyl (C=O) groups is 1. The van der Waals surface area contributed by atoms with Crippen molar-refractivity contribution < 1.29 is 9.53 Å². The van der Waals surface area contributed by atoms with Crippen LogP contribution in [0.4, 0.5) is 5.69 Å². The molecule has 0 saturated heterocycles. The Bertz CT molecular complexity index is 785. The highest BCUT2D eigenvalue weighted by molar-refractivity contribution is 5.98. The fourth-order valence-corrected chi connectivity index (χ4v) is 2.21. The first-order valence-electron chi connectivity index (χ1n) is 6.84. The van der Waals surface area contributed by atoms with Crippen molar-refractivity contribution in [2.45, 2.75) is 6.04 Å². The molecule has 2 N–H and O–H groups in total. The minimum absolute atomic E-state index is 0.171. The van der Waals surface area contributed by atoms with Gasteiger partial charge in [-0.2, -0.15) is 0 Å². The van der Waals surface area contributed by atoms with Crippen LogP contribution in [0.5, 0.6) is 5.75 Å². The summed E-state index contributed by atoms with van der Waals surface area (Å²) in [6, 6.07) is 4.84. The van der Waals surface area contributed by atoms with E-state index in [0.29, 0.717) is 11.4 Å². The summed E-state index contributed by atoms with van der Waals surface area (Å²) in [4.78, 5) is 17.6. The molecule has 1 aromatic carbocycles. The average molecular weight is 296 g/mol. The molecule has 0 bridgehead atoms. The third kappa shape index (κ3) is 2.54. The van der Waals surface area contributed by atoms with Crippen LogP contribution in [0.3, 0.4) is 0 Å². The Morgan fingerprint density at radius 2 is 2.18 bits per heavy atom. The Morgan fingerprint density at radius 1 is 1.36 bits per heavy atom. The monoisotopic (exact) mass is 296 g/mol. The van der Waals surface area contributed by atoms with E-state index in [2.05, 4.69) is 16.8 Å². The van der Waals surface area contributed by atoms with Crippen LogP contribution in [0.15, 0.2) is 30.7 Å². The van der Waals surface area contributed by atoms with Crippen LogP contribution in [0.1, 0.15) is 11.3 Å². The first-order valence-corrected chi connectivity index (χ1v) is 6.84. The summed E-state index contributed by atoms with van der Waals surface area (Å²) in [5, 5.41) is 0. The maximum atomic E-state index is 12.1. The number of amides is 1. The number of benzene rings is 1. The molecule has 2 heterocycles. The molecule has 112 valence electrons. The van der Waals surface area contributed by atoms with Crippen LogP contribution in [0, 0.1) is 11.8 Å². The highest BCUT2D eigenvalue weighted by Crippen LogP contribution is 2.31. The lowest BCUT2D eigenvalue weighted by Gasteiger charge is -2.17. The molecule has 0 aliphatic carbocycles. The molecule has 1 aliphatic rings. The zero-order valence-corrected chi connectivity index (χ0v) is 12.4. The average Bonchev–Trinajstić information content (AvgIpc) is 2.90. The molecule has 1 amide bonds. The quantitative estimate of drug-likeness (QED) is 0.719. The molecule has 1 aromatic heterocycles. The molecule has 3 rings (SSSR count). The maximum Gasteiger partial charge on any atom is 0.247 e. The van der Waals surface area contributed by atoms with Gasteiger partial charge in [0.2, 0.25) is 5.91 Å². The van der Waals surface area contributed by atoms with Crippen LogP contribution >= 0.6 is 0 Å². The number of rotatable bonds is 0. The minimum Gasteiger partial charge on any atom is -0.489 e. The van der Waals surface area contributed by atoms with Gasteiger partial charge >= 0.3 is 0 Å². The summed E-state index contributed by atoms with van der Waals surface area (Å²) in [6.07, 6.45) is 3.40. The lowest BCUT2D eigenvalue weighted by atomic mass is 10.1. The Balaban J connectivity index is 1.96. The van der Waals surface area contributed by atoms with Gasteiger partial charge < -0.3 is 19.9 Å². The molecule has 1 aliphatic heterocycles. The SMILES string of the molecule is CN1C(=O)[C@@H](N)COc2ccc(C#Cc3cncn3C)cc21. The molecule has 22 heavy (non-hydrogen) atoms. The van der Waals surface area contributed by atoms with E-state index in [9.17, 15) is 4.79 Å². The first kappa shape index (κ1) is 14.2. The molecule has 6 heteroatoms. The summed E-state index contributed by atoms with van der Waals surface area (Å²) < 4.78 is 7.42. The predicted molar refractivity (Wildman–Crippen MR) is 82.5 cm³/mol. The topological polar surface area (TPSA) is 73.4 Å². The predicted octanol–water partition coefficient (Wildman–Crippen LogP) is 0.502. The maximum absolute atomic E-state index is 12.1. The highest BCUT2D eigenvalue weighted by Gasteiger charge is 2.26. The summed E-state index contributed by atoms with van der Waals surface area (Å²) in [5.41, 5.74) is 8.06. The van der Waals surface area contributed by atoms with Crippen molar-refractivity contribution in [3.63, 3.8) is 0 Å². The number of nitrogens with zero attached hydrogens (tertiary/aromatic N) is 3. The van der Waals surface area contributed by atoms with Gasteiger partial charge in [0, 0.05) is 19.7 Å². The third-order valence-electron chi connectivity index (χ3n) is 3.54. The van der Waals surface area contributed by atoms with Gasteiger partial charge in [-0.15, -0.1) is 0 Å². The second-order valence-corrected chi connectivity index (χ2v) is 5.14. The lowest BCUT2D eigenvalue weighted by molar-refractivity contribution is -0.119. The Morgan fingerprint density at radius 3 is 2.91 bits per heavy atom. The molecule has 0 unspecified atom stereocenters. The van der Waals surface area contributed by atoms with E-state index in [-0.39, 0.29) is 12.5 Å². The van der Waals surface area contributed by atoms with Gasteiger partial charge in [0.05, 0.1) is 18.2 Å². The van der Waals surface area contributed by atoms with Crippen LogP contribution in [-0.2, 0) is 11.8 Å². The van der Waals surface area contributed by atoms with Gasteiger partial charge in [-0.3, -0.25) is 4.79 Å². The largest absolute Gasteiger partial charge is 0.489 e. The number of fused-ring (bicyclic) bond motifs is 1. The summed E-state index contributed by atoms with van der Waals surface area (Å²) in [7, 11) is 3.57. The van der Waals surface area contributed by atoms with Crippen LogP contribution < -0.4 is 15.4 Å². The number of nitrogens with two attached hydrogens (primary N) is 1. The number of hydrogen-bond acceptors (Lipinski definition) is 4. The Labute approximate surface area is 128 Å². The van der Waals surface area contributed by atoms with Crippen LogP contribution in [-0.4, -0.2) is 35.2 Å². The third-order valence-corrected chi connectivity index (χ3v) is 3.54. The van der Waals surface area contributed by atoms with Crippen LogP contribution in [0.2, 0.25) is 0 Å². The lowest BCUT2D eigenvalue weighted by Crippen LogP contribution is -2.43. The van der Waals surface area contributed by atoms with E-state index in [1.807, 2.05) is 29.8 Å². The molecule has 0 saturated carbocycles. The second kappa shape index (κ2) is 5.54. The fourth-order valence-electron chi connectivity index (χ4n) is 2.21. The van der Waals surface area contributed by atoms with Gasteiger partial charge in [-0.25, -0.2) is 4.98 Å². The smallest absolute Gasteiger partial charge is 0.247 e. The molecule has 0 radical (unpaired) electrons. The second-order valence-electron chi connectivity index (χ2n) is 5.14. The number of aryl methyl sites for hydroxylation is 1. The van der Waals surface area contributed by atoms with Gasteiger partial charge in [0.1, 0.15) is 24.1 Å². The molecule has 2 aromatic rings. The van der Waals surface area contributed by atoms with Gasteiger partial charge in [-0.05, 0) is 24.1 Å². The number of anilines is 1. The molecular formula is C16H16N4O2. The number of carbonyl (C=O) groups excluding carboxylic acids is 1. The number of ether oxygens (including phenoxy) is 1. The zero-order valence-electron chi connectivity index (χ0n) is 12.4. The number of aromatic nitrogens is 2. The van der Waals surface area contributed by atoms with Crippen molar-refractivity contribution >= 4 is 11.6 Å². The molecule has 0 spiro atoms. The number of imidazole rings is 1. The highest BCUT2D eigenvalue weighted by atomic mass is 16.5. The Kier molecular flexibility index (Phi) is 3.57. The number of hydrogen-bond donors (Lipinski definition) is 1. The molecule has 1 atom stereocenters. The van der Waals surface area contributed by atoms with Crippen molar-refractivity contribution in [2.75, 3.05) is 18.6 Å². The van der Waals surface area contributed by atoms with E-state index in [1.165, 1.54) is 4.90 Å². The normalized spacial score (nSPS) is 17.1. The van der Waals surface area contributed by atoms with Gasteiger partial charge in [0.25, 0.3) is 0 Å². The fraction of sp³-hybridized carbons (Fsp3) is 0.250.